The Morgan fingerprint density at radius 3 is 2.68 bits per heavy atom. The molecule has 0 radical (unpaired) electrons. The van der Waals surface area contributed by atoms with E-state index in [0.29, 0.717) is 31.5 Å². The highest BCUT2D eigenvalue weighted by molar-refractivity contribution is 5.70. The smallest absolute Gasteiger partial charge is 0.186 e. The van der Waals surface area contributed by atoms with Gasteiger partial charge in [-0.3, -0.25) is 4.79 Å². The van der Waals surface area contributed by atoms with Crippen LogP contribution in [0.25, 0.3) is 11.3 Å². The summed E-state index contributed by atoms with van der Waals surface area (Å²) in [6.45, 7) is 3.99. The van der Waals surface area contributed by atoms with Gasteiger partial charge in [0.15, 0.2) is 16.9 Å². The maximum absolute atomic E-state index is 12.6. The molecule has 1 N–H and O–H groups in total. The van der Waals surface area contributed by atoms with E-state index in [0.717, 1.165) is 41.8 Å². The van der Waals surface area contributed by atoms with Crippen molar-refractivity contribution in [3.63, 3.8) is 0 Å². The second-order valence-electron chi connectivity index (χ2n) is 7.11. The fourth-order valence-corrected chi connectivity index (χ4v) is 3.79. The van der Waals surface area contributed by atoms with Crippen LogP contribution in [0.2, 0.25) is 0 Å². The number of benzene rings is 1. The minimum Gasteiger partial charge on any atom is -0.493 e. The van der Waals surface area contributed by atoms with Crippen molar-refractivity contribution in [2.24, 2.45) is 0 Å². The van der Waals surface area contributed by atoms with Gasteiger partial charge in [0, 0.05) is 56.1 Å². The molecule has 1 atom stereocenters. The predicted octanol–water partition coefficient (Wildman–Crippen LogP) is 3.17. The maximum atomic E-state index is 12.6. The molecule has 0 saturated carbocycles. The zero-order valence-electron chi connectivity index (χ0n) is 17.2. The average molecular weight is 386 g/mol. The van der Waals surface area contributed by atoms with E-state index in [-0.39, 0.29) is 5.43 Å². The van der Waals surface area contributed by atoms with Gasteiger partial charge < -0.3 is 24.1 Å². The number of methoxy groups -OCH3 is 2. The second kappa shape index (κ2) is 9.26. The molecule has 1 aromatic carbocycles. The predicted molar refractivity (Wildman–Crippen MR) is 110 cm³/mol. The molecule has 1 unspecified atom stereocenters. The first kappa shape index (κ1) is 20.4. The van der Waals surface area contributed by atoms with E-state index in [1.165, 1.54) is 5.56 Å². The molecule has 1 aromatic heterocycles. The van der Waals surface area contributed by atoms with Gasteiger partial charge in [0.2, 0.25) is 0 Å². The van der Waals surface area contributed by atoms with Crippen LogP contribution in [0.5, 0.6) is 11.5 Å². The molecule has 6 heteroatoms. The van der Waals surface area contributed by atoms with Crippen LogP contribution in [0.1, 0.15) is 36.9 Å². The molecule has 1 aliphatic rings. The molecule has 0 fully saturated rings. The lowest BCUT2D eigenvalue weighted by molar-refractivity contribution is 0.170. The molecule has 2 aromatic rings. The fraction of sp³-hybridized carbons (Fsp3) is 0.500. The summed E-state index contributed by atoms with van der Waals surface area (Å²) in [6, 6.07) is 6.13. The lowest BCUT2D eigenvalue weighted by atomic mass is 9.90. The summed E-state index contributed by atoms with van der Waals surface area (Å²) < 4.78 is 18.9. The third-order valence-corrected chi connectivity index (χ3v) is 5.26. The van der Waals surface area contributed by atoms with Crippen LogP contribution in [-0.2, 0) is 17.7 Å². The fourth-order valence-electron chi connectivity index (χ4n) is 3.79. The number of nitrogens with one attached hydrogen (secondary N) is 1. The number of hydrogen-bond donors (Lipinski definition) is 1. The number of aromatic nitrogens is 1. The highest BCUT2D eigenvalue weighted by atomic mass is 16.5. The monoisotopic (exact) mass is 386 g/mol. The van der Waals surface area contributed by atoms with Crippen molar-refractivity contribution in [3.8, 4) is 22.8 Å². The van der Waals surface area contributed by atoms with Crippen LogP contribution < -0.4 is 20.2 Å². The number of fused-ring (bicyclic) bond motifs is 3. The summed E-state index contributed by atoms with van der Waals surface area (Å²) in [5.74, 6) is 1.43. The van der Waals surface area contributed by atoms with Gasteiger partial charge in [0.1, 0.15) is 0 Å². The van der Waals surface area contributed by atoms with Gasteiger partial charge in [-0.15, -0.1) is 0 Å². The first-order valence-corrected chi connectivity index (χ1v) is 9.85. The Morgan fingerprint density at radius 2 is 2.00 bits per heavy atom. The van der Waals surface area contributed by atoms with Crippen LogP contribution in [0.4, 0.5) is 0 Å². The Bertz CT molecular complexity index is 876. The Balaban J connectivity index is 2.03. The van der Waals surface area contributed by atoms with Gasteiger partial charge in [-0.1, -0.05) is 6.92 Å². The normalized spacial score (nSPS) is 15.1. The zero-order valence-corrected chi connectivity index (χ0v) is 17.2. The van der Waals surface area contributed by atoms with Crippen molar-refractivity contribution >= 4 is 0 Å². The van der Waals surface area contributed by atoms with E-state index in [9.17, 15) is 4.79 Å². The first-order chi connectivity index (χ1) is 13.6. The number of nitrogens with zero attached hydrogens (tertiary/aromatic N) is 1. The third-order valence-electron chi connectivity index (χ3n) is 5.26. The molecular formula is C22H30N2O4. The number of ether oxygens (including phenoxy) is 3. The Labute approximate surface area is 166 Å². The number of pyridine rings is 1. The summed E-state index contributed by atoms with van der Waals surface area (Å²) in [7, 11) is 5.19. The van der Waals surface area contributed by atoms with Gasteiger partial charge in [0.25, 0.3) is 0 Å². The highest BCUT2D eigenvalue weighted by Gasteiger charge is 2.25. The lowest BCUT2D eigenvalue weighted by Gasteiger charge is -2.31. The third kappa shape index (κ3) is 4.08. The quantitative estimate of drug-likeness (QED) is 0.671. The van der Waals surface area contributed by atoms with Gasteiger partial charge >= 0.3 is 0 Å². The molecule has 0 aliphatic carbocycles. The van der Waals surface area contributed by atoms with Crippen LogP contribution in [0.3, 0.4) is 0 Å². The minimum absolute atomic E-state index is 0.0576. The summed E-state index contributed by atoms with van der Waals surface area (Å²) in [6.07, 6.45) is 4.72. The molecule has 152 valence electrons. The van der Waals surface area contributed by atoms with E-state index >= 15 is 0 Å². The Morgan fingerprint density at radius 1 is 1.18 bits per heavy atom. The molecule has 28 heavy (non-hydrogen) atoms. The number of hydrogen-bond acceptors (Lipinski definition) is 5. The molecule has 0 saturated heterocycles. The van der Waals surface area contributed by atoms with Gasteiger partial charge in [-0.25, -0.2) is 0 Å². The molecule has 0 spiro atoms. The van der Waals surface area contributed by atoms with Crippen molar-refractivity contribution in [2.45, 2.75) is 38.8 Å². The van der Waals surface area contributed by atoms with Crippen LogP contribution in [0, 0.1) is 0 Å². The first-order valence-electron chi connectivity index (χ1n) is 9.85. The van der Waals surface area contributed by atoms with Crippen molar-refractivity contribution < 1.29 is 14.2 Å². The molecule has 0 amide bonds. The molecule has 2 heterocycles. The summed E-state index contributed by atoms with van der Waals surface area (Å²) in [4.78, 5) is 12.6. The Hall–Kier alpha value is -2.31. The van der Waals surface area contributed by atoms with Gasteiger partial charge in [-0.2, -0.15) is 0 Å². The van der Waals surface area contributed by atoms with Crippen LogP contribution >= 0.6 is 0 Å². The number of rotatable bonds is 9. The molecule has 1 aliphatic heterocycles. The van der Waals surface area contributed by atoms with Crippen LogP contribution in [-0.4, -0.2) is 39.0 Å². The topological polar surface area (TPSA) is 61.7 Å². The average Bonchev–Trinajstić information content (AvgIpc) is 2.71. The summed E-state index contributed by atoms with van der Waals surface area (Å²) >= 11 is 0. The SMILES string of the molecule is CCC1Cc2cc(OCCCOC)c(OC)cc2-c2cc(=O)c(CNC)cn21. The molecule has 6 nitrogen and oxygen atoms in total. The van der Waals surface area contributed by atoms with E-state index in [4.69, 9.17) is 14.2 Å². The van der Waals surface area contributed by atoms with Crippen LogP contribution in [0.15, 0.2) is 29.2 Å². The van der Waals surface area contributed by atoms with Crippen molar-refractivity contribution in [2.75, 3.05) is 34.5 Å². The van der Waals surface area contributed by atoms with Crippen molar-refractivity contribution in [3.05, 3.63) is 45.7 Å². The standard InChI is InChI=1S/C22H30N2O4/c1-5-17-9-15-10-22(28-8-6-7-26-3)21(27-4)11-18(15)19-12-20(25)16(13-23-2)14-24(17)19/h10-12,14,17,23H,5-9,13H2,1-4H3. The van der Waals surface area contributed by atoms with E-state index in [2.05, 4.69) is 22.9 Å². The van der Waals surface area contributed by atoms with Gasteiger partial charge in [0.05, 0.1) is 19.4 Å². The second-order valence-corrected chi connectivity index (χ2v) is 7.11. The highest BCUT2D eigenvalue weighted by Crippen LogP contribution is 2.41. The van der Waals surface area contributed by atoms with Gasteiger partial charge in [-0.05, 0) is 37.6 Å². The van der Waals surface area contributed by atoms with Crippen molar-refractivity contribution in [1.82, 2.24) is 9.88 Å². The molecule has 0 bridgehead atoms. The van der Waals surface area contributed by atoms with E-state index in [1.54, 1.807) is 20.3 Å². The van der Waals surface area contributed by atoms with Crippen molar-refractivity contribution in [1.29, 1.82) is 0 Å². The molecular weight excluding hydrogens is 356 g/mol. The zero-order chi connectivity index (χ0) is 20.1. The summed E-state index contributed by atoms with van der Waals surface area (Å²) in [5.41, 5.74) is 4.02. The summed E-state index contributed by atoms with van der Waals surface area (Å²) in [5, 5.41) is 3.08. The minimum atomic E-state index is 0.0576. The van der Waals surface area contributed by atoms with E-state index < -0.39 is 0 Å². The largest absolute Gasteiger partial charge is 0.493 e. The molecule has 3 rings (SSSR count). The maximum Gasteiger partial charge on any atom is 0.186 e. The Kier molecular flexibility index (Phi) is 6.75. The van der Waals surface area contributed by atoms with E-state index in [1.807, 2.05) is 19.3 Å². The lowest BCUT2D eigenvalue weighted by Crippen LogP contribution is -2.25.